The second-order valence-corrected chi connectivity index (χ2v) is 6.93. The van der Waals surface area contributed by atoms with Crippen LogP contribution in [0.2, 0.25) is 0 Å². The molecule has 0 aliphatic carbocycles. The molecule has 0 radical (unpaired) electrons. The molecule has 1 unspecified atom stereocenters. The van der Waals surface area contributed by atoms with Crippen molar-refractivity contribution in [2.75, 3.05) is 18.4 Å². The number of carbonyl (C=O) groups is 1. The van der Waals surface area contributed by atoms with Gasteiger partial charge in [0.2, 0.25) is 11.9 Å². The number of alkyl halides is 3. The molecular formula is C19H18F3N5O. The first-order chi connectivity index (χ1) is 13.4. The van der Waals surface area contributed by atoms with Crippen LogP contribution in [0.5, 0.6) is 0 Å². The molecule has 0 saturated carbocycles. The van der Waals surface area contributed by atoms with E-state index in [4.69, 9.17) is 0 Å². The highest BCUT2D eigenvalue weighted by Gasteiger charge is 2.63. The quantitative estimate of drug-likeness (QED) is 0.745. The van der Waals surface area contributed by atoms with Gasteiger partial charge in [0, 0.05) is 19.3 Å². The number of rotatable bonds is 4. The van der Waals surface area contributed by atoms with Crippen molar-refractivity contribution in [3.8, 4) is 0 Å². The lowest BCUT2D eigenvalue weighted by Gasteiger charge is -2.30. The number of anilines is 1. The minimum Gasteiger partial charge on any atom is -0.298 e. The summed E-state index contributed by atoms with van der Waals surface area (Å²) >= 11 is 0. The smallest absolute Gasteiger partial charge is 0.298 e. The van der Waals surface area contributed by atoms with E-state index in [1.165, 1.54) is 4.40 Å². The Balaban J connectivity index is 1.57. The maximum Gasteiger partial charge on any atom is 0.404 e. The van der Waals surface area contributed by atoms with Crippen molar-refractivity contribution < 1.29 is 18.0 Å². The predicted octanol–water partition coefficient (Wildman–Crippen LogP) is 3.12. The topological polar surface area (TPSA) is 62.5 Å². The van der Waals surface area contributed by atoms with Crippen LogP contribution in [0.15, 0.2) is 54.7 Å². The highest BCUT2D eigenvalue weighted by molar-refractivity contribution is 5.95. The molecule has 28 heavy (non-hydrogen) atoms. The fourth-order valence-electron chi connectivity index (χ4n) is 3.56. The van der Waals surface area contributed by atoms with Crippen LogP contribution in [0, 0.1) is 5.41 Å². The Labute approximate surface area is 159 Å². The Hall–Kier alpha value is -2.94. The molecular weight excluding hydrogens is 371 g/mol. The van der Waals surface area contributed by atoms with Gasteiger partial charge in [-0.15, -0.1) is 10.2 Å². The number of halogens is 3. The van der Waals surface area contributed by atoms with Crippen LogP contribution < -0.4 is 5.32 Å². The number of aromatic nitrogens is 3. The minimum atomic E-state index is -4.68. The summed E-state index contributed by atoms with van der Waals surface area (Å²) in [5.41, 5.74) is -1.14. The lowest BCUT2D eigenvalue weighted by Crippen LogP contribution is -2.50. The Kier molecular flexibility index (Phi) is 4.54. The molecule has 1 aliphatic heterocycles. The van der Waals surface area contributed by atoms with Gasteiger partial charge in [-0.05, 0) is 30.7 Å². The summed E-state index contributed by atoms with van der Waals surface area (Å²) in [7, 11) is 0. The van der Waals surface area contributed by atoms with Gasteiger partial charge in [-0.3, -0.25) is 19.4 Å². The SMILES string of the molecule is O=C(Nc1nnc2ccccn12)C1(C(F)(F)F)CCN(Cc2ccccc2)C1. The van der Waals surface area contributed by atoms with Crippen molar-refractivity contribution in [1.82, 2.24) is 19.5 Å². The third-order valence-corrected chi connectivity index (χ3v) is 5.11. The van der Waals surface area contributed by atoms with Crippen molar-refractivity contribution in [3.63, 3.8) is 0 Å². The number of benzene rings is 1. The van der Waals surface area contributed by atoms with Gasteiger partial charge >= 0.3 is 6.18 Å². The molecule has 146 valence electrons. The number of carbonyl (C=O) groups excluding carboxylic acids is 1. The van der Waals surface area contributed by atoms with Crippen LogP contribution in [-0.4, -0.2) is 44.7 Å². The van der Waals surface area contributed by atoms with Gasteiger partial charge in [-0.2, -0.15) is 13.2 Å². The van der Waals surface area contributed by atoms with Gasteiger partial charge in [0.1, 0.15) is 0 Å². The summed E-state index contributed by atoms with van der Waals surface area (Å²) in [4.78, 5) is 14.4. The maximum atomic E-state index is 14.0. The molecule has 1 aromatic carbocycles. The molecule has 1 aliphatic rings. The maximum absolute atomic E-state index is 14.0. The van der Waals surface area contributed by atoms with E-state index >= 15 is 0 Å². The van der Waals surface area contributed by atoms with Crippen LogP contribution >= 0.6 is 0 Å². The zero-order valence-electron chi connectivity index (χ0n) is 14.9. The number of fused-ring (bicyclic) bond motifs is 1. The average Bonchev–Trinajstić information content (AvgIpc) is 3.28. The molecule has 6 nitrogen and oxygen atoms in total. The fraction of sp³-hybridized carbons (Fsp3) is 0.316. The number of pyridine rings is 1. The lowest BCUT2D eigenvalue weighted by atomic mass is 9.85. The number of likely N-dealkylation sites (tertiary alicyclic amines) is 1. The highest BCUT2D eigenvalue weighted by Crippen LogP contribution is 2.46. The summed E-state index contributed by atoms with van der Waals surface area (Å²) in [5.74, 6) is -1.13. The first kappa shape index (κ1) is 18.4. The Morgan fingerprint density at radius 2 is 1.86 bits per heavy atom. The summed E-state index contributed by atoms with van der Waals surface area (Å²) in [6, 6.07) is 14.3. The van der Waals surface area contributed by atoms with Gasteiger partial charge < -0.3 is 0 Å². The number of amides is 1. The Bertz CT molecular complexity index is 988. The third-order valence-electron chi connectivity index (χ3n) is 5.11. The molecule has 1 saturated heterocycles. The summed E-state index contributed by atoms with van der Waals surface area (Å²) < 4.78 is 43.4. The zero-order chi connectivity index (χ0) is 19.8. The second-order valence-electron chi connectivity index (χ2n) is 6.93. The summed E-state index contributed by atoms with van der Waals surface area (Å²) in [6.45, 7) is 0.149. The van der Waals surface area contributed by atoms with Gasteiger partial charge in [-0.1, -0.05) is 36.4 Å². The molecule has 1 N–H and O–H groups in total. The van der Waals surface area contributed by atoms with E-state index < -0.39 is 24.0 Å². The molecule has 3 heterocycles. The Morgan fingerprint density at radius 1 is 1.11 bits per heavy atom. The second kappa shape index (κ2) is 6.90. The minimum absolute atomic E-state index is 0.0225. The van der Waals surface area contributed by atoms with Gasteiger partial charge in [0.25, 0.3) is 0 Å². The molecule has 1 fully saturated rings. The summed E-state index contributed by atoms with van der Waals surface area (Å²) in [5, 5.41) is 10.0. The first-order valence-corrected chi connectivity index (χ1v) is 8.83. The van der Waals surface area contributed by atoms with E-state index in [0.29, 0.717) is 12.2 Å². The first-order valence-electron chi connectivity index (χ1n) is 8.83. The molecule has 4 rings (SSSR count). The summed E-state index contributed by atoms with van der Waals surface area (Å²) in [6.07, 6.45) is -3.39. The van der Waals surface area contributed by atoms with Crippen molar-refractivity contribution in [3.05, 3.63) is 60.3 Å². The van der Waals surface area contributed by atoms with Crippen LogP contribution in [-0.2, 0) is 11.3 Å². The Morgan fingerprint density at radius 3 is 2.61 bits per heavy atom. The van der Waals surface area contributed by atoms with Gasteiger partial charge in [-0.25, -0.2) is 0 Å². The fourth-order valence-corrected chi connectivity index (χ4v) is 3.56. The average molecular weight is 389 g/mol. The molecule has 0 spiro atoms. The van der Waals surface area contributed by atoms with E-state index in [-0.39, 0.29) is 18.9 Å². The number of hydrogen-bond acceptors (Lipinski definition) is 4. The van der Waals surface area contributed by atoms with E-state index in [1.54, 1.807) is 29.3 Å². The van der Waals surface area contributed by atoms with Crippen LogP contribution in [0.1, 0.15) is 12.0 Å². The van der Waals surface area contributed by atoms with E-state index in [2.05, 4.69) is 15.5 Å². The number of nitrogens with zero attached hydrogens (tertiary/aromatic N) is 4. The van der Waals surface area contributed by atoms with Crippen LogP contribution in [0.4, 0.5) is 19.1 Å². The van der Waals surface area contributed by atoms with Gasteiger partial charge in [0.15, 0.2) is 11.1 Å². The highest BCUT2D eigenvalue weighted by atomic mass is 19.4. The van der Waals surface area contributed by atoms with Crippen molar-refractivity contribution in [2.24, 2.45) is 5.41 Å². The molecule has 1 atom stereocenters. The molecule has 0 bridgehead atoms. The van der Waals surface area contributed by atoms with Crippen LogP contribution in [0.3, 0.4) is 0 Å². The van der Waals surface area contributed by atoms with Crippen molar-refractivity contribution in [2.45, 2.75) is 19.1 Å². The molecule has 3 aromatic rings. The van der Waals surface area contributed by atoms with Crippen molar-refractivity contribution >= 4 is 17.5 Å². The van der Waals surface area contributed by atoms with E-state index in [9.17, 15) is 18.0 Å². The largest absolute Gasteiger partial charge is 0.404 e. The molecule has 9 heteroatoms. The zero-order valence-corrected chi connectivity index (χ0v) is 14.9. The van der Waals surface area contributed by atoms with Gasteiger partial charge in [0.05, 0.1) is 0 Å². The van der Waals surface area contributed by atoms with E-state index in [0.717, 1.165) is 5.56 Å². The third kappa shape index (κ3) is 3.22. The lowest BCUT2D eigenvalue weighted by molar-refractivity contribution is -0.215. The number of hydrogen-bond donors (Lipinski definition) is 1. The predicted molar refractivity (Wildman–Crippen MR) is 96.4 cm³/mol. The molecule has 1 amide bonds. The monoisotopic (exact) mass is 389 g/mol. The van der Waals surface area contributed by atoms with Crippen LogP contribution in [0.25, 0.3) is 5.65 Å². The molecule has 2 aromatic heterocycles. The van der Waals surface area contributed by atoms with E-state index in [1.807, 2.05) is 30.3 Å². The number of nitrogens with one attached hydrogen (secondary N) is 1. The standard InChI is InChI=1S/C19H18F3N5O/c20-19(21,22)18(9-11-26(13-18)12-14-6-2-1-3-7-14)16(28)23-17-25-24-15-8-4-5-10-27(15)17/h1-8,10H,9,11-13H2,(H,23,25,28). The van der Waals surface area contributed by atoms with Crippen molar-refractivity contribution in [1.29, 1.82) is 0 Å². The normalized spacial score (nSPS) is 20.5.